The van der Waals surface area contributed by atoms with Gasteiger partial charge in [-0.1, -0.05) is 23.2 Å². The Labute approximate surface area is 143 Å². The number of phenols is 1. The zero-order valence-electron chi connectivity index (χ0n) is 12.6. The van der Waals surface area contributed by atoms with Gasteiger partial charge in [0.15, 0.2) is 5.75 Å². The Hall–Kier alpha value is -1.30. The minimum Gasteiger partial charge on any atom is -0.505 e. The Bertz CT molecular complexity index is 709. The number of nitrogens with zero attached hydrogens (tertiary/aromatic N) is 1. The summed E-state index contributed by atoms with van der Waals surface area (Å²) in [6, 6.07) is 2.76. The van der Waals surface area contributed by atoms with Gasteiger partial charge in [-0.05, 0) is 38.8 Å². The lowest BCUT2D eigenvalue weighted by atomic mass is 9.69. The number of fused-ring (bicyclic) bond motifs is 5. The van der Waals surface area contributed by atoms with Crippen LogP contribution in [0.4, 0.5) is 5.69 Å². The first-order valence-electron chi connectivity index (χ1n) is 7.44. The fourth-order valence-electron chi connectivity index (χ4n) is 4.40. The fraction of sp³-hybridized carbons (Fsp3) is 0.500. The van der Waals surface area contributed by atoms with Gasteiger partial charge in [0.2, 0.25) is 11.8 Å². The third-order valence-electron chi connectivity index (χ3n) is 5.47. The second-order valence-corrected chi connectivity index (χ2v) is 7.77. The van der Waals surface area contributed by atoms with Crippen molar-refractivity contribution in [2.24, 2.45) is 11.8 Å². The number of halogens is 2. The number of hydrogen-bond acceptors (Lipinski definition) is 4. The van der Waals surface area contributed by atoms with Crippen molar-refractivity contribution >= 4 is 40.7 Å². The maximum atomic E-state index is 12.9. The highest BCUT2D eigenvalue weighted by molar-refractivity contribution is 6.38. The van der Waals surface area contributed by atoms with Gasteiger partial charge in [0.1, 0.15) is 0 Å². The predicted octanol–water partition coefficient (Wildman–Crippen LogP) is 3.15. The summed E-state index contributed by atoms with van der Waals surface area (Å²) in [6.07, 6.45) is 1.52. The summed E-state index contributed by atoms with van der Waals surface area (Å²) in [5, 5.41) is 9.67. The summed E-state index contributed by atoms with van der Waals surface area (Å²) in [7, 11) is 0. The largest absolute Gasteiger partial charge is 0.505 e. The molecule has 4 unspecified atom stereocenters. The summed E-state index contributed by atoms with van der Waals surface area (Å²) < 4.78 is 6.05. The Morgan fingerprint density at radius 3 is 1.96 bits per heavy atom. The van der Waals surface area contributed by atoms with Gasteiger partial charge in [-0.25, -0.2) is 4.90 Å². The van der Waals surface area contributed by atoms with Gasteiger partial charge >= 0.3 is 0 Å². The van der Waals surface area contributed by atoms with E-state index in [0.717, 1.165) is 17.7 Å². The summed E-state index contributed by atoms with van der Waals surface area (Å²) >= 11 is 11.9. The molecule has 4 rings (SSSR count). The van der Waals surface area contributed by atoms with Crippen LogP contribution in [0.2, 0.25) is 10.0 Å². The van der Waals surface area contributed by atoms with Crippen LogP contribution in [0.1, 0.15) is 26.7 Å². The Morgan fingerprint density at radius 1 is 1.09 bits per heavy atom. The molecule has 1 aromatic carbocycles. The molecule has 0 spiro atoms. The molecule has 2 amide bonds. The SMILES string of the molecule is CC12CCC(C)(O1)C1C(=O)N(c3cc(Cl)c(O)c(Cl)c3)C(=O)C12. The molecule has 3 aliphatic heterocycles. The van der Waals surface area contributed by atoms with Crippen molar-refractivity contribution in [2.45, 2.75) is 37.9 Å². The smallest absolute Gasteiger partial charge is 0.240 e. The van der Waals surface area contributed by atoms with E-state index in [1.54, 1.807) is 0 Å². The van der Waals surface area contributed by atoms with Crippen LogP contribution in [0, 0.1) is 11.8 Å². The van der Waals surface area contributed by atoms with Crippen LogP contribution in [0.15, 0.2) is 12.1 Å². The highest BCUT2D eigenvalue weighted by Gasteiger charge is 2.72. The molecule has 0 saturated carbocycles. The molecule has 3 aliphatic rings. The van der Waals surface area contributed by atoms with Crippen LogP contribution < -0.4 is 4.90 Å². The van der Waals surface area contributed by atoms with Crippen LogP contribution in [-0.4, -0.2) is 28.1 Å². The maximum absolute atomic E-state index is 12.9. The number of amides is 2. The number of anilines is 1. The molecule has 3 saturated heterocycles. The molecule has 4 atom stereocenters. The normalized spacial score (nSPS) is 38.5. The molecule has 122 valence electrons. The van der Waals surface area contributed by atoms with Crippen LogP contribution >= 0.6 is 23.2 Å². The number of imide groups is 1. The van der Waals surface area contributed by atoms with Crippen molar-refractivity contribution in [1.82, 2.24) is 0 Å². The summed E-state index contributed by atoms with van der Waals surface area (Å²) in [6.45, 7) is 3.79. The third kappa shape index (κ3) is 1.78. The van der Waals surface area contributed by atoms with Crippen molar-refractivity contribution < 1.29 is 19.4 Å². The molecule has 3 fully saturated rings. The second-order valence-electron chi connectivity index (χ2n) is 6.95. The first-order chi connectivity index (χ1) is 10.7. The number of carbonyl (C=O) groups is 2. The van der Waals surface area contributed by atoms with Crippen LogP contribution in [0.3, 0.4) is 0 Å². The minimum absolute atomic E-state index is 0.00167. The number of carbonyl (C=O) groups excluding carboxylic acids is 2. The van der Waals surface area contributed by atoms with Crippen molar-refractivity contribution in [2.75, 3.05) is 4.90 Å². The van der Waals surface area contributed by atoms with Gasteiger partial charge in [0, 0.05) is 0 Å². The van der Waals surface area contributed by atoms with Crippen LogP contribution in [0.5, 0.6) is 5.75 Å². The van der Waals surface area contributed by atoms with E-state index >= 15 is 0 Å². The zero-order chi connectivity index (χ0) is 16.7. The number of phenolic OH excluding ortho intramolecular Hbond substituents is 1. The molecule has 23 heavy (non-hydrogen) atoms. The van der Waals surface area contributed by atoms with Gasteiger partial charge in [0.05, 0.1) is 38.8 Å². The first kappa shape index (κ1) is 15.2. The molecular formula is C16H15Cl2NO4. The molecule has 1 aromatic rings. The highest BCUT2D eigenvalue weighted by Crippen LogP contribution is 2.61. The molecule has 0 aliphatic carbocycles. The molecule has 3 heterocycles. The van der Waals surface area contributed by atoms with Gasteiger partial charge in [-0.2, -0.15) is 0 Å². The molecule has 0 radical (unpaired) electrons. The van der Waals surface area contributed by atoms with Gasteiger partial charge < -0.3 is 9.84 Å². The van der Waals surface area contributed by atoms with E-state index in [1.807, 2.05) is 13.8 Å². The predicted molar refractivity (Wildman–Crippen MR) is 84.7 cm³/mol. The van der Waals surface area contributed by atoms with E-state index in [4.69, 9.17) is 27.9 Å². The van der Waals surface area contributed by atoms with Gasteiger partial charge in [-0.3, -0.25) is 9.59 Å². The van der Waals surface area contributed by atoms with Crippen LogP contribution in [-0.2, 0) is 14.3 Å². The number of benzene rings is 1. The molecule has 2 bridgehead atoms. The molecule has 0 aromatic heterocycles. The monoisotopic (exact) mass is 355 g/mol. The average molecular weight is 356 g/mol. The lowest BCUT2D eigenvalue weighted by Gasteiger charge is -2.27. The van der Waals surface area contributed by atoms with Gasteiger partial charge in [0.25, 0.3) is 0 Å². The third-order valence-corrected chi connectivity index (χ3v) is 6.04. The fourth-order valence-corrected chi connectivity index (χ4v) is 4.88. The van der Waals surface area contributed by atoms with E-state index in [9.17, 15) is 14.7 Å². The quantitative estimate of drug-likeness (QED) is 0.785. The number of rotatable bonds is 1. The van der Waals surface area contributed by atoms with E-state index in [1.165, 1.54) is 12.1 Å². The summed E-state index contributed by atoms with van der Waals surface area (Å²) in [4.78, 5) is 27.0. The van der Waals surface area contributed by atoms with E-state index in [0.29, 0.717) is 0 Å². The number of hydrogen-bond donors (Lipinski definition) is 1. The van der Waals surface area contributed by atoms with Crippen molar-refractivity contribution in [3.05, 3.63) is 22.2 Å². The van der Waals surface area contributed by atoms with E-state index < -0.39 is 23.0 Å². The number of aromatic hydroxyl groups is 1. The highest BCUT2D eigenvalue weighted by atomic mass is 35.5. The minimum atomic E-state index is -0.606. The zero-order valence-corrected chi connectivity index (χ0v) is 14.1. The van der Waals surface area contributed by atoms with Crippen molar-refractivity contribution in [3.8, 4) is 5.75 Å². The van der Waals surface area contributed by atoms with Gasteiger partial charge in [-0.15, -0.1) is 0 Å². The Balaban J connectivity index is 1.82. The van der Waals surface area contributed by atoms with Crippen LogP contribution in [0.25, 0.3) is 0 Å². The molecule has 5 nitrogen and oxygen atoms in total. The standard InChI is InChI=1S/C16H15Cl2NO4/c1-15-3-4-16(2,23-15)11-10(15)13(21)19(14(11)22)7-5-8(17)12(20)9(18)6-7/h5-6,10-11,20H,3-4H2,1-2H3. The maximum Gasteiger partial charge on any atom is 0.240 e. The van der Waals surface area contributed by atoms with Crippen molar-refractivity contribution in [1.29, 1.82) is 0 Å². The van der Waals surface area contributed by atoms with Crippen molar-refractivity contribution in [3.63, 3.8) is 0 Å². The lowest BCUT2D eigenvalue weighted by molar-refractivity contribution is -0.129. The first-order valence-corrected chi connectivity index (χ1v) is 8.19. The molecule has 1 N–H and O–H groups in total. The van der Waals surface area contributed by atoms with E-state index in [2.05, 4.69) is 0 Å². The molecular weight excluding hydrogens is 341 g/mol. The average Bonchev–Trinajstić information content (AvgIpc) is 3.01. The Kier molecular flexibility index (Phi) is 2.92. The number of ether oxygens (including phenoxy) is 1. The summed E-state index contributed by atoms with van der Waals surface area (Å²) in [5.74, 6) is -1.81. The Morgan fingerprint density at radius 2 is 1.52 bits per heavy atom. The summed E-state index contributed by atoms with van der Waals surface area (Å²) in [5.41, 5.74) is -0.926. The topological polar surface area (TPSA) is 66.8 Å². The molecule has 7 heteroatoms. The second kappa shape index (κ2) is 4.41. The van der Waals surface area contributed by atoms with E-state index in [-0.39, 0.29) is 33.3 Å². The lowest BCUT2D eigenvalue weighted by Crippen LogP contribution is -2.40.